The predicted molar refractivity (Wildman–Crippen MR) is 131 cm³/mol. The second-order valence-corrected chi connectivity index (χ2v) is 10.1. The van der Waals surface area contributed by atoms with Crippen LogP contribution in [-0.4, -0.2) is 38.2 Å². The van der Waals surface area contributed by atoms with Crippen LogP contribution < -0.4 is 10.0 Å². The van der Waals surface area contributed by atoms with E-state index in [1.54, 1.807) is 42.5 Å². The van der Waals surface area contributed by atoms with E-state index in [2.05, 4.69) is 10.0 Å². The van der Waals surface area contributed by atoms with Crippen LogP contribution in [0.2, 0.25) is 5.02 Å². The molecule has 3 aromatic carbocycles. The Morgan fingerprint density at radius 2 is 1.59 bits per heavy atom. The summed E-state index contributed by atoms with van der Waals surface area (Å²) in [6, 6.07) is 19.4. The molecule has 1 heterocycles. The molecule has 2 amide bonds. The van der Waals surface area contributed by atoms with Gasteiger partial charge in [-0.05, 0) is 60.9 Å². The fraction of sp³-hybridized carbons (Fsp3) is 0.200. The quantitative estimate of drug-likeness (QED) is 0.508. The number of rotatable bonds is 7. The van der Waals surface area contributed by atoms with E-state index in [-0.39, 0.29) is 33.6 Å². The van der Waals surface area contributed by atoms with Crippen molar-refractivity contribution in [1.29, 1.82) is 0 Å². The normalized spacial score (nSPS) is 13.5. The van der Waals surface area contributed by atoms with Crippen molar-refractivity contribution >= 4 is 39.1 Å². The molecule has 34 heavy (non-hydrogen) atoms. The largest absolute Gasteiger partial charge is 0.348 e. The highest BCUT2D eigenvalue weighted by Gasteiger charge is 2.20. The fourth-order valence-electron chi connectivity index (χ4n) is 3.75. The summed E-state index contributed by atoms with van der Waals surface area (Å²) in [5.74, 6) is -0.430. The summed E-state index contributed by atoms with van der Waals surface area (Å²) in [6.07, 6.45) is 2.04. The summed E-state index contributed by atoms with van der Waals surface area (Å²) in [5, 5.41) is 3.06. The maximum absolute atomic E-state index is 12.8. The number of anilines is 1. The number of para-hydroxylation sites is 1. The van der Waals surface area contributed by atoms with Crippen LogP contribution in [-0.2, 0) is 16.6 Å². The molecule has 176 valence electrons. The van der Waals surface area contributed by atoms with E-state index in [0.29, 0.717) is 5.56 Å². The van der Waals surface area contributed by atoms with E-state index in [1.807, 2.05) is 11.0 Å². The van der Waals surface area contributed by atoms with E-state index in [4.69, 9.17) is 11.6 Å². The van der Waals surface area contributed by atoms with Gasteiger partial charge in [-0.1, -0.05) is 41.9 Å². The van der Waals surface area contributed by atoms with Crippen LogP contribution in [0, 0.1) is 0 Å². The molecule has 0 aliphatic carbocycles. The van der Waals surface area contributed by atoms with Crippen molar-refractivity contribution in [2.45, 2.75) is 24.3 Å². The van der Waals surface area contributed by atoms with E-state index in [1.165, 1.54) is 24.3 Å². The highest BCUT2D eigenvalue weighted by molar-refractivity contribution is 7.92. The standard InChI is InChI=1S/C25H24ClN3O4S/c26-22-11-1-2-12-23(22)28-34(32,33)21-10-6-8-19(16-21)24(30)27-17-18-7-5-9-20(15-18)25(31)29-13-3-4-14-29/h1-2,5-12,15-16,28H,3-4,13-14,17H2,(H,27,30). The molecule has 0 spiro atoms. The molecular formula is C25H24ClN3O4S. The summed E-state index contributed by atoms with van der Waals surface area (Å²) in [7, 11) is -3.94. The molecule has 0 atom stereocenters. The van der Waals surface area contributed by atoms with Crippen LogP contribution in [0.1, 0.15) is 39.1 Å². The number of sulfonamides is 1. The zero-order chi connectivity index (χ0) is 24.1. The molecule has 3 aromatic rings. The third-order valence-electron chi connectivity index (χ3n) is 5.54. The van der Waals surface area contributed by atoms with E-state index < -0.39 is 15.9 Å². The molecule has 1 saturated heterocycles. The van der Waals surface area contributed by atoms with E-state index in [9.17, 15) is 18.0 Å². The highest BCUT2D eigenvalue weighted by atomic mass is 35.5. The first-order valence-corrected chi connectivity index (χ1v) is 12.7. The van der Waals surface area contributed by atoms with Gasteiger partial charge in [0.2, 0.25) is 0 Å². The summed E-state index contributed by atoms with van der Waals surface area (Å²) < 4.78 is 28.0. The van der Waals surface area contributed by atoms with Crippen molar-refractivity contribution in [3.8, 4) is 0 Å². The van der Waals surface area contributed by atoms with Crippen molar-refractivity contribution < 1.29 is 18.0 Å². The summed E-state index contributed by atoms with van der Waals surface area (Å²) in [5.41, 5.74) is 1.82. The van der Waals surface area contributed by atoms with Gasteiger partial charge in [0.05, 0.1) is 15.6 Å². The van der Waals surface area contributed by atoms with Crippen LogP contribution in [0.5, 0.6) is 0 Å². The topological polar surface area (TPSA) is 95.6 Å². The lowest BCUT2D eigenvalue weighted by molar-refractivity contribution is 0.0792. The number of carbonyl (C=O) groups excluding carboxylic acids is 2. The Hall–Kier alpha value is -3.36. The minimum atomic E-state index is -3.94. The Morgan fingerprint density at radius 3 is 2.35 bits per heavy atom. The molecule has 1 fully saturated rings. The van der Waals surface area contributed by atoms with Crippen LogP contribution >= 0.6 is 11.6 Å². The van der Waals surface area contributed by atoms with Crippen molar-refractivity contribution in [2.75, 3.05) is 17.8 Å². The minimum Gasteiger partial charge on any atom is -0.348 e. The number of hydrogen-bond donors (Lipinski definition) is 2. The number of nitrogens with zero attached hydrogens (tertiary/aromatic N) is 1. The highest BCUT2D eigenvalue weighted by Crippen LogP contribution is 2.24. The second kappa shape index (κ2) is 10.3. The number of carbonyl (C=O) groups is 2. The molecular weight excluding hydrogens is 474 g/mol. The predicted octanol–water partition coefficient (Wildman–Crippen LogP) is 4.31. The SMILES string of the molecule is O=C(NCc1cccc(C(=O)N2CCCC2)c1)c1cccc(S(=O)(=O)Nc2ccccc2Cl)c1. The zero-order valence-electron chi connectivity index (χ0n) is 18.3. The van der Waals surface area contributed by atoms with Gasteiger partial charge in [-0.2, -0.15) is 0 Å². The molecule has 1 aliphatic heterocycles. The summed E-state index contributed by atoms with van der Waals surface area (Å²) in [6.45, 7) is 1.74. The van der Waals surface area contributed by atoms with Gasteiger partial charge in [-0.25, -0.2) is 8.42 Å². The molecule has 0 radical (unpaired) electrons. The Balaban J connectivity index is 1.43. The third kappa shape index (κ3) is 5.58. The van der Waals surface area contributed by atoms with Crippen molar-refractivity contribution in [3.05, 3.63) is 94.5 Å². The number of amides is 2. The van der Waals surface area contributed by atoms with Crippen LogP contribution in [0.25, 0.3) is 0 Å². The number of halogens is 1. The second-order valence-electron chi connectivity index (χ2n) is 8.00. The zero-order valence-corrected chi connectivity index (χ0v) is 19.9. The van der Waals surface area contributed by atoms with Gasteiger partial charge < -0.3 is 10.2 Å². The third-order valence-corrected chi connectivity index (χ3v) is 7.24. The number of nitrogens with one attached hydrogen (secondary N) is 2. The van der Waals surface area contributed by atoms with Crippen LogP contribution in [0.4, 0.5) is 5.69 Å². The first-order valence-electron chi connectivity index (χ1n) is 10.9. The number of likely N-dealkylation sites (tertiary alicyclic amines) is 1. The van der Waals surface area contributed by atoms with Gasteiger partial charge >= 0.3 is 0 Å². The van der Waals surface area contributed by atoms with Gasteiger partial charge in [-0.3, -0.25) is 14.3 Å². The van der Waals surface area contributed by atoms with Gasteiger partial charge in [0.25, 0.3) is 21.8 Å². The fourth-order valence-corrected chi connectivity index (χ4v) is 5.12. The van der Waals surface area contributed by atoms with Gasteiger partial charge in [0, 0.05) is 30.8 Å². The first-order chi connectivity index (χ1) is 16.3. The van der Waals surface area contributed by atoms with E-state index >= 15 is 0 Å². The molecule has 9 heteroatoms. The summed E-state index contributed by atoms with van der Waals surface area (Å²) >= 11 is 6.05. The number of hydrogen-bond acceptors (Lipinski definition) is 4. The maximum atomic E-state index is 12.8. The Kier molecular flexibility index (Phi) is 7.19. The smallest absolute Gasteiger partial charge is 0.261 e. The molecule has 0 aromatic heterocycles. The lowest BCUT2D eigenvalue weighted by Gasteiger charge is -2.15. The average molecular weight is 498 g/mol. The molecule has 0 bridgehead atoms. The lowest BCUT2D eigenvalue weighted by Crippen LogP contribution is -2.28. The van der Waals surface area contributed by atoms with Crippen LogP contribution in [0.3, 0.4) is 0 Å². The monoisotopic (exact) mass is 497 g/mol. The Morgan fingerprint density at radius 1 is 0.882 bits per heavy atom. The van der Waals surface area contributed by atoms with E-state index in [0.717, 1.165) is 31.5 Å². The minimum absolute atomic E-state index is 0.00500. The molecule has 4 rings (SSSR count). The maximum Gasteiger partial charge on any atom is 0.261 e. The molecule has 0 unspecified atom stereocenters. The Bertz CT molecular complexity index is 1320. The lowest BCUT2D eigenvalue weighted by atomic mass is 10.1. The van der Waals surface area contributed by atoms with Crippen molar-refractivity contribution in [1.82, 2.24) is 10.2 Å². The first kappa shape index (κ1) is 23.8. The number of benzene rings is 3. The van der Waals surface area contributed by atoms with Crippen LogP contribution in [0.15, 0.2) is 77.7 Å². The summed E-state index contributed by atoms with van der Waals surface area (Å²) in [4.78, 5) is 27.1. The van der Waals surface area contributed by atoms with Crippen molar-refractivity contribution in [3.63, 3.8) is 0 Å². The van der Waals surface area contributed by atoms with Gasteiger partial charge in [0.1, 0.15) is 0 Å². The molecule has 0 saturated carbocycles. The Labute approximate surface area is 203 Å². The molecule has 2 N–H and O–H groups in total. The van der Waals surface area contributed by atoms with Gasteiger partial charge in [-0.15, -0.1) is 0 Å². The molecule has 7 nitrogen and oxygen atoms in total. The average Bonchev–Trinajstić information content (AvgIpc) is 3.39. The van der Waals surface area contributed by atoms with Gasteiger partial charge in [0.15, 0.2) is 0 Å². The molecule has 1 aliphatic rings. The van der Waals surface area contributed by atoms with Crippen molar-refractivity contribution in [2.24, 2.45) is 0 Å².